The second kappa shape index (κ2) is 5.66. The van der Waals surface area contributed by atoms with E-state index in [4.69, 9.17) is 4.42 Å². The minimum atomic E-state index is -0.101. The number of nitrogens with zero attached hydrogens (tertiary/aromatic N) is 2. The summed E-state index contributed by atoms with van der Waals surface area (Å²) in [4.78, 5) is 19.7. The summed E-state index contributed by atoms with van der Waals surface area (Å²) in [5.74, 6) is 0.499. The SMILES string of the molecule is CC(=O)Nc1ccc(Nc2ncnc3c2oc2ccccc23)cc1. The number of aromatic nitrogens is 2. The third kappa shape index (κ3) is 2.54. The summed E-state index contributed by atoms with van der Waals surface area (Å²) in [5, 5.41) is 6.92. The topological polar surface area (TPSA) is 80.0 Å². The number of carbonyl (C=O) groups excluding carboxylic acids is 1. The molecule has 4 aromatic rings. The van der Waals surface area contributed by atoms with Crippen molar-refractivity contribution in [3.05, 3.63) is 54.9 Å². The summed E-state index contributed by atoms with van der Waals surface area (Å²) in [7, 11) is 0. The summed E-state index contributed by atoms with van der Waals surface area (Å²) in [5.41, 5.74) is 3.74. The van der Waals surface area contributed by atoms with Crippen molar-refractivity contribution in [1.29, 1.82) is 0 Å². The molecule has 2 aromatic carbocycles. The maximum Gasteiger partial charge on any atom is 0.221 e. The lowest BCUT2D eigenvalue weighted by Gasteiger charge is -2.07. The third-order valence-corrected chi connectivity index (χ3v) is 3.63. The van der Waals surface area contributed by atoms with Crippen LogP contribution in [0.1, 0.15) is 6.92 Å². The van der Waals surface area contributed by atoms with Gasteiger partial charge in [0, 0.05) is 23.7 Å². The van der Waals surface area contributed by atoms with Gasteiger partial charge in [0.05, 0.1) is 0 Å². The van der Waals surface area contributed by atoms with E-state index >= 15 is 0 Å². The van der Waals surface area contributed by atoms with Crippen molar-refractivity contribution >= 4 is 45.2 Å². The average molecular weight is 318 g/mol. The molecule has 6 heteroatoms. The van der Waals surface area contributed by atoms with Crippen molar-refractivity contribution in [1.82, 2.24) is 9.97 Å². The molecule has 0 aliphatic rings. The van der Waals surface area contributed by atoms with E-state index in [0.29, 0.717) is 11.4 Å². The Bertz CT molecular complexity index is 1040. The monoisotopic (exact) mass is 318 g/mol. The van der Waals surface area contributed by atoms with E-state index in [9.17, 15) is 4.79 Å². The van der Waals surface area contributed by atoms with Gasteiger partial charge in [0.2, 0.25) is 5.91 Å². The number of benzene rings is 2. The van der Waals surface area contributed by atoms with Crippen LogP contribution in [-0.4, -0.2) is 15.9 Å². The molecule has 2 aromatic heterocycles. The first-order chi connectivity index (χ1) is 11.7. The number of anilines is 3. The standard InChI is InChI=1S/C18H14N4O2/c1-11(23)21-12-6-8-13(9-7-12)22-18-17-16(19-10-20-18)14-4-2-3-5-15(14)24-17/h2-10H,1H3,(H,21,23)(H,19,20,22). The molecule has 6 nitrogen and oxygen atoms in total. The second-order valence-electron chi connectivity index (χ2n) is 5.38. The Morgan fingerprint density at radius 2 is 1.75 bits per heavy atom. The van der Waals surface area contributed by atoms with Crippen LogP contribution in [0.25, 0.3) is 22.1 Å². The summed E-state index contributed by atoms with van der Waals surface area (Å²) in [6.45, 7) is 1.48. The predicted molar refractivity (Wildman–Crippen MR) is 93.3 cm³/mol. The van der Waals surface area contributed by atoms with Crippen molar-refractivity contribution in [3.63, 3.8) is 0 Å². The Morgan fingerprint density at radius 3 is 2.54 bits per heavy atom. The fourth-order valence-corrected chi connectivity index (χ4v) is 2.59. The van der Waals surface area contributed by atoms with Gasteiger partial charge in [-0.2, -0.15) is 0 Å². The Hall–Kier alpha value is -3.41. The van der Waals surface area contributed by atoms with Crippen molar-refractivity contribution in [2.24, 2.45) is 0 Å². The van der Waals surface area contributed by atoms with Gasteiger partial charge in [-0.15, -0.1) is 0 Å². The van der Waals surface area contributed by atoms with Crippen molar-refractivity contribution < 1.29 is 9.21 Å². The van der Waals surface area contributed by atoms with Gasteiger partial charge in [0.1, 0.15) is 17.4 Å². The van der Waals surface area contributed by atoms with E-state index in [1.807, 2.05) is 48.5 Å². The van der Waals surface area contributed by atoms with Crippen LogP contribution in [0, 0.1) is 0 Å². The summed E-state index contributed by atoms with van der Waals surface area (Å²) < 4.78 is 5.89. The number of furan rings is 1. The van der Waals surface area contributed by atoms with E-state index in [-0.39, 0.29) is 5.91 Å². The fourth-order valence-electron chi connectivity index (χ4n) is 2.59. The molecule has 0 aliphatic carbocycles. The summed E-state index contributed by atoms with van der Waals surface area (Å²) >= 11 is 0. The maximum absolute atomic E-state index is 11.1. The zero-order valence-corrected chi connectivity index (χ0v) is 12.9. The van der Waals surface area contributed by atoms with Gasteiger partial charge >= 0.3 is 0 Å². The summed E-state index contributed by atoms with van der Waals surface area (Å²) in [6, 6.07) is 15.1. The van der Waals surface area contributed by atoms with Crippen LogP contribution >= 0.6 is 0 Å². The van der Waals surface area contributed by atoms with Crippen molar-refractivity contribution in [2.45, 2.75) is 6.92 Å². The molecule has 0 atom stereocenters. The minimum absolute atomic E-state index is 0.101. The van der Waals surface area contributed by atoms with Crippen LogP contribution in [0.4, 0.5) is 17.2 Å². The molecule has 0 spiro atoms. The first kappa shape index (κ1) is 14.2. The first-order valence-corrected chi connectivity index (χ1v) is 7.47. The van der Waals surface area contributed by atoms with Crippen LogP contribution in [-0.2, 0) is 4.79 Å². The van der Waals surface area contributed by atoms with Crippen LogP contribution < -0.4 is 10.6 Å². The summed E-state index contributed by atoms with van der Waals surface area (Å²) in [6.07, 6.45) is 1.51. The van der Waals surface area contributed by atoms with Crippen LogP contribution in [0.5, 0.6) is 0 Å². The number of carbonyl (C=O) groups is 1. The van der Waals surface area contributed by atoms with E-state index in [1.54, 1.807) is 0 Å². The molecule has 0 bridgehead atoms. The fraction of sp³-hybridized carbons (Fsp3) is 0.0556. The van der Waals surface area contributed by atoms with Crippen LogP contribution in [0.2, 0.25) is 0 Å². The molecule has 118 valence electrons. The molecule has 0 saturated heterocycles. The molecule has 0 radical (unpaired) electrons. The minimum Gasteiger partial charge on any atom is -0.450 e. The first-order valence-electron chi connectivity index (χ1n) is 7.47. The average Bonchev–Trinajstić information content (AvgIpc) is 2.96. The highest BCUT2D eigenvalue weighted by Gasteiger charge is 2.12. The molecule has 4 rings (SSSR count). The molecule has 0 unspecified atom stereocenters. The molecular formula is C18H14N4O2. The Kier molecular flexibility index (Phi) is 3.35. The van der Waals surface area contributed by atoms with Crippen molar-refractivity contribution in [2.75, 3.05) is 10.6 Å². The number of nitrogens with one attached hydrogen (secondary N) is 2. The van der Waals surface area contributed by atoms with Gasteiger partial charge in [-0.1, -0.05) is 12.1 Å². The molecular weight excluding hydrogens is 304 g/mol. The van der Waals surface area contributed by atoms with Gasteiger partial charge in [-0.25, -0.2) is 9.97 Å². The lowest BCUT2D eigenvalue weighted by atomic mass is 10.2. The highest BCUT2D eigenvalue weighted by Crippen LogP contribution is 2.31. The molecule has 0 saturated carbocycles. The van der Waals surface area contributed by atoms with E-state index in [2.05, 4.69) is 20.6 Å². The quantitative estimate of drug-likeness (QED) is 0.595. The number of fused-ring (bicyclic) bond motifs is 3. The molecule has 0 fully saturated rings. The Labute approximate surface area is 137 Å². The molecule has 1 amide bonds. The lowest BCUT2D eigenvalue weighted by molar-refractivity contribution is -0.114. The zero-order chi connectivity index (χ0) is 16.5. The normalized spacial score (nSPS) is 10.9. The van der Waals surface area contributed by atoms with Crippen LogP contribution in [0.15, 0.2) is 59.3 Å². The van der Waals surface area contributed by atoms with Crippen molar-refractivity contribution in [3.8, 4) is 0 Å². The van der Waals surface area contributed by atoms with Gasteiger partial charge in [-0.3, -0.25) is 4.79 Å². The van der Waals surface area contributed by atoms with Gasteiger partial charge in [0.15, 0.2) is 11.4 Å². The molecule has 0 aliphatic heterocycles. The largest absolute Gasteiger partial charge is 0.450 e. The number of para-hydroxylation sites is 1. The lowest BCUT2D eigenvalue weighted by Crippen LogP contribution is -2.05. The number of hydrogen-bond acceptors (Lipinski definition) is 5. The maximum atomic E-state index is 11.1. The highest BCUT2D eigenvalue weighted by atomic mass is 16.3. The van der Waals surface area contributed by atoms with E-state index < -0.39 is 0 Å². The smallest absolute Gasteiger partial charge is 0.221 e. The molecule has 24 heavy (non-hydrogen) atoms. The van der Waals surface area contributed by atoms with E-state index in [1.165, 1.54) is 13.3 Å². The Morgan fingerprint density at radius 1 is 1.00 bits per heavy atom. The third-order valence-electron chi connectivity index (χ3n) is 3.63. The van der Waals surface area contributed by atoms with Gasteiger partial charge < -0.3 is 15.1 Å². The zero-order valence-electron chi connectivity index (χ0n) is 12.9. The Balaban J connectivity index is 1.70. The number of rotatable bonds is 3. The van der Waals surface area contributed by atoms with Gasteiger partial charge in [-0.05, 0) is 36.4 Å². The number of amides is 1. The molecule has 2 heterocycles. The number of hydrogen-bond donors (Lipinski definition) is 2. The van der Waals surface area contributed by atoms with Crippen LogP contribution in [0.3, 0.4) is 0 Å². The second-order valence-corrected chi connectivity index (χ2v) is 5.38. The van der Waals surface area contributed by atoms with E-state index in [0.717, 1.165) is 27.9 Å². The highest BCUT2D eigenvalue weighted by molar-refractivity contribution is 6.05. The predicted octanol–water partition coefficient (Wildman–Crippen LogP) is 4.08. The molecule has 2 N–H and O–H groups in total. The van der Waals surface area contributed by atoms with Gasteiger partial charge in [0.25, 0.3) is 0 Å².